The van der Waals surface area contributed by atoms with Crippen molar-refractivity contribution in [2.24, 2.45) is 0 Å². The molecule has 0 saturated heterocycles. The van der Waals surface area contributed by atoms with Gasteiger partial charge in [-0.3, -0.25) is 4.79 Å². The van der Waals surface area contributed by atoms with Gasteiger partial charge < -0.3 is 4.90 Å². The molecule has 4 nitrogen and oxygen atoms in total. The van der Waals surface area contributed by atoms with Crippen LogP contribution in [0.3, 0.4) is 0 Å². The van der Waals surface area contributed by atoms with Crippen LogP contribution in [0, 0.1) is 37.9 Å². The number of benzene rings is 1. The predicted molar refractivity (Wildman–Crippen MR) is 118 cm³/mol. The van der Waals surface area contributed by atoms with Gasteiger partial charge in [-0.15, -0.1) is 0 Å². The second kappa shape index (κ2) is 10.1. The second-order valence-electron chi connectivity index (χ2n) is 7.97. The van der Waals surface area contributed by atoms with Crippen molar-refractivity contribution in [3.05, 3.63) is 58.0 Å². The van der Waals surface area contributed by atoms with Crippen LogP contribution in [0.15, 0.2) is 29.3 Å². The monoisotopic (exact) mass is 425 g/mol. The number of nitriles is 1. The van der Waals surface area contributed by atoms with E-state index in [2.05, 4.69) is 11.1 Å². The lowest BCUT2D eigenvalue weighted by Gasteiger charge is -2.34. The molecule has 30 heavy (non-hydrogen) atoms. The molecule has 1 heterocycles. The quantitative estimate of drug-likeness (QED) is 0.576. The lowest BCUT2D eigenvalue weighted by molar-refractivity contribution is -0.132. The molecule has 0 atom stereocenters. The Labute approximate surface area is 182 Å². The van der Waals surface area contributed by atoms with E-state index in [9.17, 15) is 14.4 Å². The number of carbonyl (C=O) groups excluding carboxylic acids is 1. The van der Waals surface area contributed by atoms with E-state index in [1.54, 1.807) is 12.1 Å². The first-order valence-electron chi connectivity index (χ1n) is 10.4. The van der Waals surface area contributed by atoms with Crippen molar-refractivity contribution in [2.75, 3.05) is 5.75 Å². The van der Waals surface area contributed by atoms with E-state index in [0.29, 0.717) is 17.1 Å². The Balaban J connectivity index is 1.78. The van der Waals surface area contributed by atoms with E-state index < -0.39 is 0 Å². The summed E-state index contributed by atoms with van der Waals surface area (Å²) in [6, 6.07) is 8.83. The summed E-state index contributed by atoms with van der Waals surface area (Å²) in [5.74, 6) is 0.00396. The maximum atomic E-state index is 13.3. The highest BCUT2D eigenvalue weighted by molar-refractivity contribution is 8.00. The molecular weight excluding hydrogens is 397 g/mol. The maximum Gasteiger partial charge on any atom is 0.233 e. The van der Waals surface area contributed by atoms with E-state index in [0.717, 1.165) is 48.1 Å². The molecule has 158 valence electrons. The van der Waals surface area contributed by atoms with Crippen LogP contribution in [0.25, 0.3) is 0 Å². The molecule has 0 spiro atoms. The van der Waals surface area contributed by atoms with Crippen LogP contribution >= 0.6 is 11.8 Å². The largest absolute Gasteiger partial charge is 0.335 e. The average molecular weight is 426 g/mol. The number of aromatic nitrogens is 1. The van der Waals surface area contributed by atoms with Crippen molar-refractivity contribution in [3.8, 4) is 6.07 Å². The van der Waals surface area contributed by atoms with Crippen molar-refractivity contribution in [2.45, 2.75) is 70.5 Å². The fourth-order valence-electron chi connectivity index (χ4n) is 3.96. The Morgan fingerprint density at radius 1 is 1.17 bits per heavy atom. The Morgan fingerprint density at radius 2 is 1.83 bits per heavy atom. The predicted octanol–water partition coefficient (Wildman–Crippen LogP) is 5.47. The van der Waals surface area contributed by atoms with E-state index in [-0.39, 0.29) is 23.5 Å². The molecule has 0 unspecified atom stereocenters. The summed E-state index contributed by atoms with van der Waals surface area (Å²) in [4.78, 5) is 19.8. The number of hydrogen-bond donors (Lipinski definition) is 0. The summed E-state index contributed by atoms with van der Waals surface area (Å²) in [6.07, 6.45) is 5.47. The zero-order chi connectivity index (χ0) is 21.7. The maximum absolute atomic E-state index is 13.3. The summed E-state index contributed by atoms with van der Waals surface area (Å²) in [5, 5.41) is 10.2. The van der Waals surface area contributed by atoms with Crippen LogP contribution in [0.4, 0.5) is 4.39 Å². The Bertz CT molecular complexity index is 946. The van der Waals surface area contributed by atoms with E-state index in [1.165, 1.54) is 30.3 Å². The average Bonchev–Trinajstić information content (AvgIpc) is 2.76. The first-order chi connectivity index (χ1) is 14.4. The number of rotatable bonds is 6. The van der Waals surface area contributed by atoms with Crippen molar-refractivity contribution in [1.29, 1.82) is 5.26 Å². The van der Waals surface area contributed by atoms with Gasteiger partial charge >= 0.3 is 0 Å². The van der Waals surface area contributed by atoms with Crippen LogP contribution < -0.4 is 0 Å². The minimum Gasteiger partial charge on any atom is -0.335 e. The fraction of sp³-hybridized carbons (Fsp3) is 0.458. The van der Waals surface area contributed by atoms with Crippen LogP contribution in [0.2, 0.25) is 0 Å². The summed E-state index contributed by atoms with van der Waals surface area (Å²) in [5.41, 5.74) is 4.31. The third kappa shape index (κ3) is 5.20. The van der Waals surface area contributed by atoms with Crippen molar-refractivity contribution in [1.82, 2.24) is 9.88 Å². The summed E-state index contributed by atoms with van der Waals surface area (Å²) >= 11 is 1.34. The van der Waals surface area contributed by atoms with Crippen LogP contribution in [0.5, 0.6) is 0 Å². The lowest BCUT2D eigenvalue weighted by atomic mass is 9.94. The number of hydrogen-bond acceptors (Lipinski definition) is 4. The first-order valence-corrected chi connectivity index (χ1v) is 11.4. The molecule has 2 aromatic rings. The topological polar surface area (TPSA) is 57.0 Å². The molecule has 0 aliphatic heterocycles. The van der Waals surface area contributed by atoms with Gasteiger partial charge in [0.1, 0.15) is 16.9 Å². The number of aryl methyl sites for hydroxylation is 1. The third-order valence-corrected chi connectivity index (χ3v) is 6.97. The van der Waals surface area contributed by atoms with Gasteiger partial charge in [0.25, 0.3) is 0 Å². The van der Waals surface area contributed by atoms with Crippen LogP contribution in [-0.2, 0) is 11.3 Å². The number of carbonyl (C=O) groups is 1. The second-order valence-corrected chi connectivity index (χ2v) is 8.93. The Morgan fingerprint density at radius 3 is 2.47 bits per heavy atom. The van der Waals surface area contributed by atoms with E-state index in [4.69, 9.17) is 0 Å². The van der Waals surface area contributed by atoms with Crippen LogP contribution in [-0.4, -0.2) is 27.6 Å². The van der Waals surface area contributed by atoms with Gasteiger partial charge in [-0.05, 0) is 62.4 Å². The standard InChI is InChI=1S/C24H28FN3OS/c1-16-17(2)22(13-26)24(27-18(16)3)30-15-23(29)28(21-7-5-4-6-8-21)14-19-9-11-20(25)12-10-19/h9-12,21H,4-8,14-15H2,1-3H3. The SMILES string of the molecule is Cc1nc(SCC(=O)N(Cc2ccc(F)cc2)C2CCCCC2)c(C#N)c(C)c1C. The van der Waals surface area contributed by atoms with Crippen molar-refractivity contribution in [3.63, 3.8) is 0 Å². The van der Waals surface area contributed by atoms with Gasteiger partial charge in [-0.25, -0.2) is 9.37 Å². The highest BCUT2D eigenvalue weighted by atomic mass is 32.2. The molecule has 1 aromatic carbocycles. The Hall–Kier alpha value is -2.39. The molecule has 1 aliphatic carbocycles. The zero-order valence-electron chi connectivity index (χ0n) is 17.9. The molecular formula is C24H28FN3OS. The molecule has 1 aliphatic rings. The van der Waals surface area contributed by atoms with Gasteiger partial charge in [0.05, 0.1) is 11.3 Å². The zero-order valence-corrected chi connectivity index (χ0v) is 18.7. The highest BCUT2D eigenvalue weighted by Crippen LogP contribution is 2.29. The van der Waals surface area contributed by atoms with Crippen molar-refractivity contribution < 1.29 is 9.18 Å². The number of pyridine rings is 1. The highest BCUT2D eigenvalue weighted by Gasteiger charge is 2.26. The third-order valence-electron chi connectivity index (χ3n) is 6.01. The smallest absolute Gasteiger partial charge is 0.233 e. The minimum atomic E-state index is -0.273. The van der Waals surface area contributed by atoms with Gasteiger partial charge in [0.15, 0.2) is 0 Å². The number of nitrogens with zero attached hydrogens (tertiary/aromatic N) is 3. The summed E-state index contributed by atoms with van der Waals surface area (Å²) < 4.78 is 13.3. The van der Waals surface area contributed by atoms with Gasteiger partial charge in [-0.2, -0.15) is 5.26 Å². The van der Waals surface area contributed by atoms with Crippen LogP contribution in [0.1, 0.15) is 60.1 Å². The minimum absolute atomic E-state index is 0.0396. The molecule has 1 aromatic heterocycles. The van der Waals surface area contributed by atoms with Gasteiger partial charge in [0.2, 0.25) is 5.91 Å². The molecule has 1 saturated carbocycles. The van der Waals surface area contributed by atoms with E-state index >= 15 is 0 Å². The van der Waals surface area contributed by atoms with Gasteiger partial charge in [-0.1, -0.05) is 43.2 Å². The Kier molecular flexibility index (Phi) is 7.49. The fourth-order valence-corrected chi connectivity index (χ4v) is 4.93. The summed E-state index contributed by atoms with van der Waals surface area (Å²) in [7, 11) is 0. The van der Waals surface area contributed by atoms with Gasteiger partial charge in [0, 0.05) is 18.3 Å². The lowest BCUT2D eigenvalue weighted by Crippen LogP contribution is -2.42. The van der Waals surface area contributed by atoms with Crippen molar-refractivity contribution >= 4 is 17.7 Å². The van der Waals surface area contributed by atoms with E-state index in [1.807, 2.05) is 25.7 Å². The molecule has 0 bridgehead atoms. The normalized spacial score (nSPS) is 14.4. The molecule has 1 fully saturated rings. The number of halogens is 1. The molecule has 0 N–H and O–H groups in total. The molecule has 0 radical (unpaired) electrons. The molecule has 3 rings (SSSR count). The molecule has 1 amide bonds. The first kappa shape index (κ1) is 22.3. The summed E-state index contributed by atoms with van der Waals surface area (Å²) in [6.45, 7) is 6.30. The molecule has 6 heteroatoms. The number of amides is 1. The number of thioether (sulfide) groups is 1.